The zero-order valence-electron chi connectivity index (χ0n) is 5.01. The molecule has 0 aliphatic rings. The first kappa shape index (κ1) is 8.50. The molecule has 0 radical (unpaired) electrons. The van der Waals surface area contributed by atoms with E-state index < -0.39 is 5.97 Å². The summed E-state index contributed by atoms with van der Waals surface area (Å²) >= 11 is 5.19. The van der Waals surface area contributed by atoms with Crippen LogP contribution in [0.3, 0.4) is 0 Å². The Kier molecular flexibility index (Phi) is 5.32. The second kappa shape index (κ2) is 5.63. The van der Waals surface area contributed by atoms with E-state index in [1.54, 1.807) is 6.08 Å². The average molecular weight is 149 g/mol. The first-order chi connectivity index (χ1) is 4.27. The molecule has 0 aromatic carbocycles. The maximum absolute atomic E-state index is 9.91. The molecule has 0 rings (SSSR count). The maximum atomic E-state index is 9.91. The van der Waals surface area contributed by atoms with E-state index in [9.17, 15) is 4.79 Å². The van der Waals surface area contributed by atoms with E-state index >= 15 is 0 Å². The van der Waals surface area contributed by atoms with Crippen LogP contribution in [0.5, 0.6) is 0 Å². The van der Waals surface area contributed by atoms with Crippen molar-refractivity contribution in [1.82, 2.24) is 0 Å². The molecule has 2 nitrogen and oxygen atoms in total. The molecule has 0 aromatic rings. The molecular formula is C6H9ClO2. The summed E-state index contributed by atoms with van der Waals surface area (Å²) in [5, 5.41) is 8.16. The third kappa shape index (κ3) is 7.50. The molecule has 0 amide bonds. The normalized spacial score (nSPS) is 10.3. The molecular weight excluding hydrogens is 140 g/mol. The number of carboxylic acids is 1. The summed E-state index contributed by atoms with van der Waals surface area (Å²) in [7, 11) is 0. The van der Waals surface area contributed by atoms with Crippen LogP contribution in [0.25, 0.3) is 0 Å². The number of aliphatic carboxylic acids is 1. The predicted molar refractivity (Wildman–Crippen MR) is 36.5 cm³/mol. The van der Waals surface area contributed by atoms with Crippen molar-refractivity contribution in [2.75, 3.05) is 0 Å². The van der Waals surface area contributed by atoms with Gasteiger partial charge in [-0.1, -0.05) is 17.7 Å². The SMILES string of the molecule is O=C(O)CCCC=CCl. The number of hydrogen-bond donors (Lipinski definition) is 1. The van der Waals surface area contributed by atoms with Crippen molar-refractivity contribution in [3.8, 4) is 0 Å². The Labute approximate surface area is 59.1 Å². The van der Waals surface area contributed by atoms with Gasteiger partial charge in [-0.2, -0.15) is 0 Å². The number of carbonyl (C=O) groups is 1. The van der Waals surface area contributed by atoms with Crippen LogP contribution in [0.1, 0.15) is 19.3 Å². The Bertz CT molecular complexity index is 110. The molecule has 0 spiro atoms. The van der Waals surface area contributed by atoms with Crippen LogP contribution in [0.15, 0.2) is 11.6 Å². The van der Waals surface area contributed by atoms with E-state index in [0.29, 0.717) is 6.42 Å². The highest BCUT2D eigenvalue weighted by molar-refractivity contribution is 6.25. The topological polar surface area (TPSA) is 37.3 Å². The molecule has 0 bridgehead atoms. The van der Waals surface area contributed by atoms with Crippen LogP contribution in [-0.2, 0) is 4.79 Å². The van der Waals surface area contributed by atoms with Gasteiger partial charge in [-0.25, -0.2) is 0 Å². The van der Waals surface area contributed by atoms with E-state index in [0.717, 1.165) is 6.42 Å². The third-order valence-corrected chi connectivity index (χ3v) is 1.03. The van der Waals surface area contributed by atoms with Crippen LogP contribution < -0.4 is 0 Å². The Morgan fingerprint density at radius 1 is 1.67 bits per heavy atom. The highest BCUT2D eigenvalue weighted by Crippen LogP contribution is 1.96. The molecule has 0 heterocycles. The number of unbranched alkanes of at least 4 members (excludes halogenated alkanes) is 1. The quantitative estimate of drug-likeness (QED) is 0.620. The van der Waals surface area contributed by atoms with Crippen LogP contribution >= 0.6 is 11.6 Å². The lowest BCUT2D eigenvalue weighted by Crippen LogP contribution is -1.92. The van der Waals surface area contributed by atoms with Gasteiger partial charge in [0.1, 0.15) is 0 Å². The highest BCUT2D eigenvalue weighted by Gasteiger charge is 1.92. The Morgan fingerprint density at radius 2 is 2.33 bits per heavy atom. The molecule has 0 unspecified atom stereocenters. The number of carboxylic acid groups (broad SMARTS) is 1. The van der Waals surface area contributed by atoms with E-state index in [2.05, 4.69) is 0 Å². The fourth-order valence-corrected chi connectivity index (χ4v) is 0.560. The largest absolute Gasteiger partial charge is 0.481 e. The zero-order chi connectivity index (χ0) is 7.11. The van der Waals surface area contributed by atoms with Gasteiger partial charge >= 0.3 is 5.97 Å². The van der Waals surface area contributed by atoms with E-state index in [-0.39, 0.29) is 6.42 Å². The van der Waals surface area contributed by atoms with Crippen molar-refractivity contribution in [3.05, 3.63) is 11.6 Å². The Hall–Kier alpha value is -0.500. The minimum atomic E-state index is -0.752. The molecule has 0 saturated carbocycles. The van der Waals surface area contributed by atoms with Crippen LogP contribution in [0, 0.1) is 0 Å². The van der Waals surface area contributed by atoms with Gasteiger partial charge in [-0.15, -0.1) is 0 Å². The van der Waals surface area contributed by atoms with Gasteiger partial charge in [0.2, 0.25) is 0 Å². The summed E-state index contributed by atoms with van der Waals surface area (Å²) in [6.07, 6.45) is 3.38. The maximum Gasteiger partial charge on any atom is 0.303 e. The summed E-state index contributed by atoms with van der Waals surface area (Å²) in [6, 6.07) is 0. The van der Waals surface area contributed by atoms with Crippen molar-refractivity contribution in [2.24, 2.45) is 0 Å². The molecule has 0 saturated heterocycles. The molecule has 0 aliphatic heterocycles. The molecule has 0 aliphatic carbocycles. The van der Waals surface area contributed by atoms with E-state index in [1.807, 2.05) is 0 Å². The molecule has 1 N–H and O–H groups in total. The van der Waals surface area contributed by atoms with Crippen LogP contribution in [0.4, 0.5) is 0 Å². The first-order valence-corrected chi connectivity index (χ1v) is 3.18. The minimum absolute atomic E-state index is 0.223. The second-order valence-electron chi connectivity index (χ2n) is 1.65. The van der Waals surface area contributed by atoms with Crippen molar-refractivity contribution in [3.63, 3.8) is 0 Å². The number of halogens is 1. The van der Waals surface area contributed by atoms with Crippen molar-refractivity contribution < 1.29 is 9.90 Å². The monoisotopic (exact) mass is 148 g/mol. The molecule has 9 heavy (non-hydrogen) atoms. The average Bonchev–Trinajstić information content (AvgIpc) is 1.80. The first-order valence-electron chi connectivity index (χ1n) is 2.74. The predicted octanol–water partition coefficient (Wildman–Crippen LogP) is 1.99. The number of allylic oxidation sites excluding steroid dienone is 1. The molecule has 0 fully saturated rings. The van der Waals surface area contributed by atoms with Crippen molar-refractivity contribution in [1.29, 1.82) is 0 Å². The van der Waals surface area contributed by atoms with Crippen molar-refractivity contribution >= 4 is 17.6 Å². The smallest absolute Gasteiger partial charge is 0.303 e. The van der Waals surface area contributed by atoms with Crippen molar-refractivity contribution in [2.45, 2.75) is 19.3 Å². The molecule has 0 atom stereocenters. The molecule has 52 valence electrons. The summed E-state index contributed by atoms with van der Waals surface area (Å²) in [5.41, 5.74) is 1.40. The lowest BCUT2D eigenvalue weighted by molar-refractivity contribution is -0.137. The lowest BCUT2D eigenvalue weighted by atomic mass is 10.2. The summed E-state index contributed by atoms with van der Waals surface area (Å²) in [6.45, 7) is 0. The molecule has 3 heteroatoms. The number of rotatable bonds is 4. The van der Waals surface area contributed by atoms with Crippen LogP contribution in [0.2, 0.25) is 0 Å². The Balaban J connectivity index is 3.01. The number of hydrogen-bond acceptors (Lipinski definition) is 1. The zero-order valence-corrected chi connectivity index (χ0v) is 5.77. The van der Waals surface area contributed by atoms with Gasteiger partial charge in [0.05, 0.1) is 0 Å². The second-order valence-corrected chi connectivity index (χ2v) is 1.90. The van der Waals surface area contributed by atoms with Gasteiger partial charge in [0.15, 0.2) is 0 Å². The van der Waals surface area contributed by atoms with Gasteiger partial charge in [0.25, 0.3) is 0 Å². The Morgan fingerprint density at radius 3 is 2.78 bits per heavy atom. The fourth-order valence-electron chi connectivity index (χ4n) is 0.434. The minimum Gasteiger partial charge on any atom is -0.481 e. The lowest BCUT2D eigenvalue weighted by Gasteiger charge is -1.87. The van der Waals surface area contributed by atoms with Gasteiger partial charge in [-0.05, 0) is 12.8 Å². The van der Waals surface area contributed by atoms with E-state index in [4.69, 9.17) is 16.7 Å². The van der Waals surface area contributed by atoms with Gasteiger partial charge in [0, 0.05) is 12.0 Å². The van der Waals surface area contributed by atoms with E-state index in [1.165, 1.54) is 5.54 Å². The fraction of sp³-hybridized carbons (Fsp3) is 0.500. The standard InChI is InChI=1S/C6H9ClO2/c7-5-3-1-2-4-6(8)9/h3,5H,1-2,4H2,(H,8,9). The summed E-state index contributed by atoms with van der Waals surface area (Å²) in [5.74, 6) is -0.752. The van der Waals surface area contributed by atoms with Crippen LogP contribution in [-0.4, -0.2) is 11.1 Å². The third-order valence-electron chi connectivity index (χ3n) is 0.851. The summed E-state index contributed by atoms with van der Waals surface area (Å²) in [4.78, 5) is 9.91. The highest BCUT2D eigenvalue weighted by atomic mass is 35.5. The van der Waals surface area contributed by atoms with Gasteiger partial charge < -0.3 is 5.11 Å². The van der Waals surface area contributed by atoms with Gasteiger partial charge in [-0.3, -0.25) is 4.79 Å². The summed E-state index contributed by atoms with van der Waals surface area (Å²) < 4.78 is 0. The molecule has 0 aromatic heterocycles.